The zero-order valence-electron chi connectivity index (χ0n) is 9.03. The summed E-state index contributed by atoms with van der Waals surface area (Å²) in [7, 11) is 0. The minimum absolute atomic E-state index is 0.164. The van der Waals surface area contributed by atoms with Gasteiger partial charge in [0.25, 0.3) is 0 Å². The van der Waals surface area contributed by atoms with Gasteiger partial charge >= 0.3 is 0 Å². The minimum Gasteiger partial charge on any atom is -0.439 e. The first-order chi connectivity index (χ1) is 8.60. The number of nitrogens with zero attached hydrogens (tertiary/aromatic N) is 1. The van der Waals surface area contributed by atoms with Crippen LogP contribution in [0.1, 0.15) is 5.56 Å². The molecular weight excluding hydrogens is 341 g/mol. The molecule has 18 heavy (non-hydrogen) atoms. The second-order valence-corrected chi connectivity index (χ2v) is 5.18. The van der Waals surface area contributed by atoms with Crippen LogP contribution in [0.25, 0.3) is 0 Å². The summed E-state index contributed by atoms with van der Waals surface area (Å²) >= 11 is 15.0. The van der Waals surface area contributed by atoms with Crippen LogP contribution in [0.2, 0.25) is 10.0 Å². The van der Waals surface area contributed by atoms with Crippen molar-refractivity contribution in [3.8, 4) is 11.6 Å². The Morgan fingerprint density at radius 1 is 1.22 bits per heavy atom. The standard InChI is InChI=1S/C12H8BrCl2NO2/c13-8-3-7(6-17)12(16-5-8)18-9-1-2-10(14)11(15)4-9/h1-5,17H,6H2. The Kier molecular flexibility index (Phi) is 4.45. The van der Waals surface area contributed by atoms with Crippen LogP contribution < -0.4 is 4.74 Å². The van der Waals surface area contributed by atoms with Crippen LogP contribution in [0.15, 0.2) is 34.9 Å². The number of aliphatic hydroxyl groups excluding tert-OH is 1. The molecule has 0 spiro atoms. The quantitative estimate of drug-likeness (QED) is 0.891. The van der Waals surface area contributed by atoms with Gasteiger partial charge in [-0.05, 0) is 34.1 Å². The van der Waals surface area contributed by atoms with Crippen molar-refractivity contribution in [1.82, 2.24) is 4.98 Å². The third-order valence-electron chi connectivity index (χ3n) is 2.17. The summed E-state index contributed by atoms with van der Waals surface area (Å²) in [5.41, 5.74) is 0.579. The summed E-state index contributed by atoms with van der Waals surface area (Å²) in [4.78, 5) is 4.09. The molecule has 0 saturated heterocycles. The maximum atomic E-state index is 9.23. The van der Waals surface area contributed by atoms with Crippen LogP contribution in [0.3, 0.4) is 0 Å². The van der Waals surface area contributed by atoms with Crippen LogP contribution in [0.5, 0.6) is 11.6 Å². The molecule has 3 nitrogen and oxygen atoms in total. The normalized spacial score (nSPS) is 10.4. The highest BCUT2D eigenvalue weighted by atomic mass is 79.9. The van der Waals surface area contributed by atoms with Gasteiger partial charge in [-0.2, -0.15) is 0 Å². The van der Waals surface area contributed by atoms with Crippen LogP contribution in [-0.2, 0) is 6.61 Å². The zero-order valence-corrected chi connectivity index (χ0v) is 12.1. The predicted molar refractivity (Wildman–Crippen MR) is 74.4 cm³/mol. The molecule has 0 unspecified atom stereocenters. The predicted octanol–water partition coefficient (Wildman–Crippen LogP) is 4.44. The van der Waals surface area contributed by atoms with E-state index < -0.39 is 0 Å². The van der Waals surface area contributed by atoms with Crippen molar-refractivity contribution in [2.45, 2.75) is 6.61 Å². The third-order valence-corrected chi connectivity index (χ3v) is 3.34. The molecule has 1 aromatic carbocycles. The molecule has 0 aliphatic heterocycles. The van der Waals surface area contributed by atoms with Crippen molar-refractivity contribution in [2.24, 2.45) is 0 Å². The van der Waals surface area contributed by atoms with Gasteiger partial charge in [0.15, 0.2) is 0 Å². The molecule has 2 aromatic rings. The molecule has 1 heterocycles. The average Bonchev–Trinajstić information content (AvgIpc) is 2.36. The van der Waals surface area contributed by atoms with E-state index in [4.69, 9.17) is 27.9 Å². The molecule has 94 valence electrons. The maximum absolute atomic E-state index is 9.23. The van der Waals surface area contributed by atoms with Gasteiger partial charge in [0, 0.05) is 22.3 Å². The number of benzene rings is 1. The van der Waals surface area contributed by atoms with E-state index in [0.29, 0.717) is 27.2 Å². The highest BCUT2D eigenvalue weighted by molar-refractivity contribution is 9.10. The lowest BCUT2D eigenvalue weighted by Gasteiger charge is -2.09. The van der Waals surface area contributed by atoms with Crippen molar-refractivity contribution in [1.29, 1.82) is 0 Å². The molecule has 0 saturated carbocycles. The zero-order chi connectivity index (χ0) is 13.1. The Balaban J connectivity index is 2.30. The van der Waals surface area contributed by atoms with Gasteiger partial charge < -0.3 is 9.84 Å². The van der Waals surface area contributed by atoms with Crippen molar-refractivity contribution < 1.29 is 9.84 Å². The van der Waals surface area contributed by atoms with Crippen LogP contribution in [0.4, 0.5) is 0 Å². The minimum atomic E-state index is -0.164. The third kappa shape index (κ3) is 3.14. The average molecular weight is 349 g/mol. The molecule has 0 radical (unpaired) electrons. The summed E-state index contributed by atoms with van der Waals surface area (Å²) < 4.78 is 6.33. The fraction of sp³-hybridized carbons (Fsp3) is 0.0833. The molecule has 2 rings (SSSR count). The SMILES string of the molecule is OCc1cc(Br)cnc1Oc1ccc(Cl)c(Cl)c1. The Morgan fingerprint density at radius 2 is 2.00 bits per heavy atom. The van der Waals surface area contributed by atoms with Gasteiger partial charge in [0.1, 0.15) is 5.75 Å². The number of pyridine rings is 1. The monoisotopic (exact) mass is 347 g/mol. The van der Waals surface area contributed by atoms with E-state index >= 15 is 0 Å². The summed E-state index contributed by atoms with van der Waals surface area (Å²) in [5.74, 6) is 0.841. The van der Waals surface area contributed by atoms with Gasteiger partial charge in [0.05, 0.1) is 16.7 Å². The Labute approximate surface area is 122 Å². The smallest absolute Gasteiger partial charge is 0.224 e. The van der Waals surface area contributed by atoms with Crippen LogP contribution in [-0.4, -0.2) is 10.1 Å². The number of halogens is 3. The second-order valence-electron chi connectivity index (χ2n) is 3.45. The number of rotatable bonds is 3. The molecule has 0 aliphatic carbocycles. The molecular formula is C12H8BrCl2NO2. The van der Waals surface area contributed by atoms with E-state index in [1.54, 1.807) is 30.5 Å². The lowest BCUT2D eigenvalue weighted by atomic mass is 10.3. The van der Waals surface area contributed by atoms with Crippen LogP contribution >= 0.6 is 39.1 Å². The van der Waals surface area contributed by atoms with Crippen molar-refractivity contribution >= 4 is 39.1 Å². The molecule has 6 heteroatoms. The summed E-state index contributed by atoms with van der Waals surface area (Å²) in [6, 6.07) is 6.64. The van der Waals surface area contributed by atoms with E-state index in [1.807, 2.05) is 0 Å². The first-order valence-electron chi connectivity index (χ1n) is 4.98. The van der Waals surface area contributed by atoms with Crippen molar-refractivity contribution in [2.75, 3.05) is 0 Å². The topological polar surface area (TPSA) is 42.4 Å². The molecule has 1 N–H and O–H groups in total. The van der Waals surface area contributed by atoms with E-state index in [9.17, 15) is 5.11 Å². The Bertz CT molecular complexity index is 578. The fourth-order valence-corrected chi connectivity index (χ4v) is 1.99. The summed E-state index contributed by atoms with van der Waals surface area (Å²) in [6.07, 6.45) is 1.59. The number of hydrogen-bond acceptors (Lipinski definition) is 3. The van der Waals surface area contributed by atoms with Gasteiger partial charge in [-0.3, -0.25) is 0 Å². The summed E-state index contributed by atoms with van der Waals surface area (Å²) in [5, 5.41) is 10.1. The largest absolute Gasteiger partial charge is 0.439 e. The first-order valence-corrected chi connectivity index (χ1v) is 6.53. The van der Waals surface area contributed by atoms with Crippen LogP contribution in [0, 0.1) is 0 Å². The Morgan fingerprint density at radius 3 is 2.67 bits per heavy atom. The highest BCUT2D eigenvalue weighted by Crippen LogP contribution is 2.30. The molecule has 0 aliphatic rings. The number of ether oxygens (including phenoxy) is 1. The molecule has 0 fully saturated rings. The van der Waals surface area contributed by atoms with Gasteiger partial charge in [-0.1, -0.05) is 23.2 Å². The molecule has 0 atom stereocenters. The molecule has 1 aromatic heterocycles. The van der Waals surface area contributed by atoms with Gasteiger partial charge in [0.2, 0.25) is 5.88 Å². The second kappa shape index (κ2) is 5.89. The molecule has 0 bridgehead atoms. The number of aromatic nitrogens is 1. The molecule has 0 amide bonds. The van der Waals surface area contributed by atoms with E-state index in [1.165, 1.54) is 0 Å². The Hall–Kier alpha value is -0.810. The summed E-state index contributed by atoms with van der Waals surface area (Å²) in [6.45, 7) is -0.164. The lowest BCUT2D eigenvalue weighted by Crippen LogP contribution is -1.95. The van der Waals surface area contributed by atoms with E-state index in [0.717, 1.165) is 4.47 Å². The first kappa shape index (κ1) is 13.6. The lowest BCUT2D eigenvalue weighted by molar-refractivity contribution is 0.275. The number of aliphatic hydroxyl groups is 1. The number of hydrogen-bond donors (Lipinski definition) is 1. The van der Waals surface area contributed by atoms with E-state index in [-0.39, 0.29) is 6.61 Å². The fourth-order valence-electron chi connectivity index (χ4n) is 1.33. The van der Waals surface area contributed by atoms with Crippen molar-refractivity contribution in [3.05, 3.63) is 50.5 Å². The highest BCUT2D eigenvalue weighted by Gasteiger charge is 2.08. The van der Waals surface area contributed by atoms with Crippen molar-refractivity contribution in [3.63, 3.8) is 0 Å². The van der Waals surface area contributed by atoms with Gasteiger partial charge in [-0.15, -0.1) is 0 Å². The maximum Gasteiger partial charge on any atom is 0.224 e. The van der Waals surface area contributed by atoms with E-state index in [2.05, 4.69) is 20.9 Å². The van der Waals surface area contributed by atoms with Gasteiger partial charge in [-0.25, -0.2) is 4.98 Å².